The van der Waals surface area contributed by atoms with Gasteiger partial charge in [0.05, 0.1) is 5.69 Å². The summed E-state index contributed by atoms with van der Waals surface area (Å²) in [7, 11) is 0. The molecule has 3 N–H and O–H groups in total. The van der Waals surface area contributed by atoms with E-state index in [0.29, 0.717) is 23.4 Å². The number of benzene rings is 1. The van der Waals surface area contributed by atoms with Crippen LogP contribution in [0.3, 0.4) is 0 Å². The summed E-state index contributed by atoms with van der Waals surface area (Å²) in [5.74, 6) is 0.0738. The van der Waals surface area contributed by atoms with Crippen molar-refractivity contribution in [1.29, 1.82) is 0 Å². The third-order valence-electron chi connectivity index (χ3n) is 3.18. The monoisotopic (exact) mass is 278 g/mol. The normalized spacial score (nSPS) is 14.8. The fourth-order valence-electron chi connectivity index (χ4n) is 2.02. The molecule has 2 rings (SSSR count). The Morgan fingerprint density at radius 1 is 1.55 bits per heavy atom. The van der Waals surface area contributed by atoms with Crippen LogP contribution in [0.1, 0.15) is 30.1 Å². The van der Waals surface area contributed by atoms with E-state index in [4.69, 9.17) is 9.84 Å². The molecule has 1 unspecified atom stereocenters. The first kappa shape index (κ1) is 14.3. The maximum atomic E-state index is 12.1. The minimum absolute atomic E-state index is 0.0398. The molecular weight excluding hydrogens is 260 g/mol. The second kappa shape index (κ2) is 6.38. The van der Waals surface area contributed by atoms with E-state index in [1.54, 1.807) is 18.2 Å². The third-order valence-corrected chi connectivity index (χ3v) is 3.18. The topological polar surface area (TPSA) is 87.7 Å². The molecule has 0 fully saturated rings. The molecule has 1 atom stereocenters. The van der Waals surface area contributed by atoms with Gasteiger partial charge in [-0.25, -0.2) is 0 Å². The minimum Gasteiger partial charge on any atom is -0.482 e. The molecule has 1 heterocycles. The van der Waals surface area contributed by atoms with Gasteiger partial charge in [-0.2, -0.15) is 0 Å². The van der Waals surface area contributed by atoms with Crippen LogP contribution >= 0.6 is 0 Å². The van der Waals surface area contributed by atoms with E-state index in [1.165, 1.54) is 0 Å². The average molecular weight is 278 g/mol. The van der Waals surface area contributed by atoms with Crippen molar-refractivity contribution in [1.82, 2.24) is 5.32 Å². The Morgan fingerprint density at radius 2 is 2.35 bits per heavy atom. The number of fused-ring (bicyclic) bond motifs is 1. The standard InChI is InChI=1S/C14H18N2O4/c1-2-10(5-6-17)15-14(19)9-3-4-11-12(7-9)20-8-13(18)16-11/h3-4,7,10,17H,2,5-6,8H2,1H3,(H,15,19)(H,16,18). The van der Waals surface area contributed by atoms with Crippen LogP contribution in [0.4, 0.5) is 5.69 Å². The molecule has 0 saturated heterocycles. The molecular formula is C14H18N2O4. The van der Waals surface area contributed by atoms with Crippen molar-refractivity contribution >= 4 is 17.5 Å². The number of rotatable bonds is 5. The van der Waals surface area contributed by atoms with Crippen LogP contribution in [-0.2, 0) is 4.79 Å². The van der Waals surface area contributed by atoms with Crippen LogP contribution in [-0.4, -0.2) is 36.2 Å². The number of aliphatic hydroxyl groups is 1. The zero-order valence-corrected chi connectivity index (χ0v) is 11.3. The fourth-order valence-corrected chi connectivity index (χ4v) is 2.02. The lowest BCUT2D eigenvalue weighted by Crippen LogP contribution is -2.35. The van der Waals surface area contributed by atoms with E-state index in [0.717, 1.165) is 6.42 Å². The lowest BCUT2D eigenvalue weighted by atomic mass is 10.1. The SMILES string of the molecule is CCC(CCO)NC(=O)c1ccc2c(c1)OCC(=O)N2. The Hall–Kier alpha value is -2.08. The van der Waals surface area contributed by atoms with Crippen molar-refractivity contribution in [2.45, 2.75) is 25.8 Å². The van der Waals surface area contributed by atoms with Crippen LogP contribution < -0.4 is 15.4 Å². The summed E-state index contributed by atoms with van der Waals surface area (Å²) < 4.78 is 5.27. The van der Waals surface area contributed by atoms with Gasteiger partial charge in [0, 0.05) is 18.2 Å². The van der Waals surface area contributed by atoms with Crippen molar-refractivity contribution in [2.75, 3.05) is 18.5 Å². The molecule has 0 radical (unpaired) electrons. The molecule has 6 nitrogen and oxygen atoms in total. The number of ether oxygens (including phenoxy) is 1. The highest BCUT2D eigenvalue weighted by Crippen LogP contribution is 2.28. The molecule has 6 heteroatoms. The van der Waals surface area contributed by atoms with Gasteiger partial charge in [-0.05, 0) is 31.0 Å². The Bertz CT molecular complexity index is 516. The van der Waals surface area contributed by atoms with Crippen LogP contribution in [0, 0.1) is 0 Å². The van der Waals surface area contributed by atoms with E-state index in [-0.39, 0.29) is 31.1 Å². The van der Waals surface area contributed by atoms with Crippen molar-refractivity contribution in [3.8, 4) is 5.75 Å². The first-order valence-corrected chi connectivity index (χ1v) is 6.62. The van der Waals surface area contributed by atoms with Gasteiger partial charge in [0.25, 0.3) is 11.8 Å². The van der Waals surface area contributed by atoms with Crippen LogP contribution in [0.2, 0.25) is 0 Å². The Balaban J connectivity index is 2.09. The number of aliphatic hydroxyl groups excluding tert-OH is 1. The molecule has 1 aromatic rings. The van der Waals surface area contributed by atoms with Crippen molar-refractivity contribution < 1.29 is 19.4 Å². The van der Waals surface area contributed by atoms with Gasteiger partial charge in [-0.15, -0.1) is 0 Å². The zero-order valence-electron chi connectivity index (χ0n) is 11.3. The highest BCUT2D eigenvalue weighted by atomic mass is 16.5. The van der Waals surface area contributed by atoms with Gasteiger partial charge in [-0.3, -0.25) is 9.59 Å². The van der Waals surface area contributed by atoms with Crippen LogP contribution in [0.15, 0.2) is 18.2 Å². The highest BCUT2D eigenvalue weighted by Gasteiger charge is 2.18. The number of nitrogens with one attached hydrogen (secondary N) is 2. The van der Waals surface area contributed by atoms with Gasteiger partial charge in [0.1, 0.15) is 5.75 Å². The minimum atomic E-state index is -0.214. The molecule has 1 aliphatic rings. The lowest BCUT2D eigenvalue weighted by Gasteiger charge is -2.19. The summed E-state index contributed by atoms with van der Waals surface area (Å²) in [6.45, 7) is 1.95. The second-order valence-corrected chi connectivity index (χ2v) is 4.64. The molecule has 1 aromatic carbocycles. The summed E-state index contributed by atoms with van der Waals surface area (Å²) in [5.41, 5.74) is 1.04. The predicted octanol–water partition coefficient (Wildman–Crippen LogP) is 0.908. The summed E-state index contributed by atoms with van der Waals surface area (Å²) in [6.07, 6.45) is 1.28. The first-order chi connectivity index (χ1) is 9.63. The van der Waals surface area contributed by atoms with E-state index >= 15 is 0 Å². The summed E-state index contributed by atoms with van der Waals surface area (Å²) in [5, 5.41) is 14.4. The zero-order chi connectivity index (χ0) is 14.5. The highest BCUT2D eigenvalue weighted by molar-refractivity contribution is 5.99. The second-order valence-electron chi connectivity index (χ2n) is 4.64. The summed E-state index contributed by atoms with van der Waals surface area (Å²) in [6, 6.07) is 4.84. The third kappa shape index (κ3) is 3.27. The quantitative estimate of drug-likeness (QED) is 0.747. The summed E-state index contributed by atoms with van der Waals surface area (Å²) in [4.78, 5) is 23.3. The summed E-state index contributed by atoms with van der Waals surface area (Å²) >= 11 is 0. The number of amides is 2. The molecule has 0 saturated carbocycles. The number of hydrogen-bond acceptors (Lipinski definition) is 4. The Morgan fingerprint density at radius 3 is 3.05 bits per heavy atom. The smallest absolute Gasteiger partial charge is 0.262 e. The molecule has 0 aliphatic carbocycles. The van der Waals surface area contributed by atoms with Gasteiger partial charge in [-0.1, -0.05) is 6.92 Å². The number of anilines is 1. The van der Waals surface area contributed by atoms with E-state index in [1.807, 2.05) is 6.92 Å². The molecule has 2 amide bonds. The lowest BCUT2D eigenvalue weighted by molar-refractivity contribution is -0.118. The average Bonchev–Trinajstić information content (AvgIpc) is 2.46. The van der Waals surface area contributed by atoms with Crippen molar-refractivity contribution in [3.63, 3.8) is 0 Å². The van der Waals surface area contributed by atoms with E-state index in [9.17, 15) is 9.59 Å². The predicted molar refractivity (Wildman–Crippen MR) is 73.8 cm³/mol. The largest absolute Gasteiger partial charge is 0.482 e. The maximum absolute atomic E-state index is 12.1. The molecule has 0 aromatic heterocycles. The van der Waals surface area contributed by atoms with Gasteiger partial charge < -0.3 is 20.5 Å². The molecule has 20 heavy (non-hydrogen) atoms. The molecule has 1 aliphatic heterocycles. The molecule has 0 bridgehead atoms. The first-order valence-electron chi connectivity index (χ1n) is 6.62. The van der Waals surface area contributed by atoms with Crippen molar-refractivity contribution in [3.05, 3.63) is 23.8 Å². The van der Waals surface area contributed by atoms with E-state index < -0.39 is 0 Å². The van der Waals surface area contributed by atoms with Crippen LogP contribution in [0.25, 0.3) is 0 Å². The maximum Gasteiger partial charge on any atom is 0.262 e. The number of carbonyl (C=O) groups is 2. The Kier molecular flexibility index (Phi) is 4.57. The van der Waals surface area contributed by atoms with E-state index in [2.05, 4.69) is 10.6 Å². The number of hydrogen-bond donors (Lipinski definition) is 3. The molecule has 0 spiro atoms. The number of carbonyl (C=O) groups excluding carboxylic acids is 2. The van der Waals surface area contributed by atoms with Crippen molar-refractivity contribution in [2.24, 2.45) is 0 Å². The van der Waals surface area contributed by atoms with Crippen LogP contribution in [0.5, 0.6) is 5.75 Å². The van der Waals surface area contributed by atoms with Gasteiger partial charge >= 0.3 is 0 Å². The van der Waals surface area contributed by atoms with Gasteiger partial charge in [0.15, 0.2) is 6.61 Å². The van der Waals surface area contributed by atoms with Gasteiger partial charge in [0.2, 0.25) is 0 Å². The molecule has 108 valence electrons. The Labute approximate surface area is 117 Å². The fraction of sp³-hybridized carbons (Fsp3) is 0.429.